The van der Waals surface area contributed by atoms with Crippen molar-refractivity contribution in [3.8, 4) is 17.1 Å². The summed E-state index contributed by atoms with van der Waals surface area (Å²) in [6, 6.07) is 3.12. The summed E-state index contributed by atoms with van der Waals surface area (Å²) in [7, 11) is 2.96. The number of aryl methyl sites for hydroxylation is 1. The van der Waals surface area contributed by atoms with Crippen LogP contribution in [0.15, 0.2) is 30.6 Å². The predicted molar refractivity (Wildman–Crippen MR) is 90.2 cm³/mol. The molecule has 2 aromatic heterocycles. The van der Waals surface area contributed by atoms with E-state index in [1.807, 2.05) is 0 Å². The Morgan fingerprint density at radius 2 is 1.85 bits per heavy atom. The van der Waals surface area contributed by atoms with Crippen molar-refractivity contribution in [2.75, 3.05) is 12.4 Å². The van der Waals surface area contributed by atoms with Gasteiger partial charge >= 0.3 is 6.18 Å². The van der Waals surface area contributed by atoms with Crippen LogP contribution >= 0.6 is 0 Å². The summed E-state index contributed by atoms with van der Waals surface area (Å²) in [5.74, 6) is -0.0751. The molecule has 0 fully saturated rings. The van der Waals surface area contributed by atoms with E-state index in [2.05, 4.69) is 20.3 Å². The Balaban J connectivity index is 1.99. The molecule has 1 N–H and O–H groups in total. The van der Waals surface area contributed by atoms with E-state index in [0.29, 0.717) is 11.5 Å². The highest BCUT2D eigenvalue weighted by molar-refractivity contribution is 5.61. The van der Waals surface area contributed by atoms with Crippen LogP contribution in [0.2, 0.25) is 0 Å². The van der Waals surface area contributed by atoms with Crippen LogP contribution in [0.1, 0.15) is 11.4 Å². The predicted octanol–water partition coefficient (Wildman–Crippen LogP) is 4.10. The number of anilines is 2. The van der Waals surface area contributed by atoms with E-state index in [0.717, 1.165) is 18.3 Å². The highest BCUT2D eigenvalue weighted by Gasteiger charge is 2.31. The van der Waals surface area contributed by atoms with Gasteiger partial charge < -0.3 is 14.6 Å². The lowest BCUT2D eigenvalue weighted by molar-refractivity contribution is -0.137. The lowest BCUT2D eigenvalue weighted by Crippen LogP contribution is -2.07. The van der Waals surface area contributed by atoms with Crippen LogP contribution in [0, 0.1) is 12.7 Å². The van der Waals surface area contributed by atoms with Gasteiger partial charge in [0.05, 0.1) is 30.8 Å². The molecule has 10 heteroatoms. The van der Waals surface area contributed by atoms with Gasteiger partial charge in [-0.25, -0.2) is 19.3 Å². The molecule has 0 saturated heterocycles. The molecule has 2 heterocycles. The summed E-state index contributed by atoms with van der Waals surface area (Å²) >= 11 is 0. The zero-order chi connectivity index (χ0) is 19.8. The number of nitrogens with zero attached hydrogens (tertiary/aromatic N) is 4. The summed E-state index contributed by atoms with van der Waals surface area (Å²) < 4.78 is 59.8. The standard InChI is InChI=1S/C17H15F4N5O/c1-9-22-8-14(26(9)2)15-13(18)7-23-16(25-15)24-11-4-10(17(19,20)21)5-12(6-11)27-3/h4-8H,1-3H3,(H,23,24,25). The molecule has 0 amide bonds. The molecule has 0 atom stereocenters. The van der Waals surface area contributed by atoms with Gasteiger partial charge in [-0.3, -0.25) is 0 Å². The smallest absolute Gasteiger partial charge is 0.416 e. The Hall–Kier alpha value is -3.17. The van der Waals surface area contributed by atoms with Crippen molar-refractivity contribution in [3.05, 3.63) is 47.8 Å². The Kier molecular flexibility index (Phi) is 4.73. The SMILES string of the molecule is COc1cc(Nc2ncc(F)c(-c3cnc(C)n3C)n2)cc(C(F)(F)F)c1. The van der Waals surface area contributed by atoms with E-state index >= 15 is 0 Å². The second-order valence-corrected chi connectivity index (χ2v) is 5.71. The summed E-state index contributed by atoms with van der Waals surface area (Å²) in [6.45, 7) is 1.75. The summed E-state index contributed by atoms with van der Waals surface area (Å²) in [5.41, 5.74) is -0.444. The zero-order valence-electron chi connectivity index (χ0n) is 14.6. The van der Waals surface area contributed by atoms with Crippen molar-refractivity contribution in [3.63, 3.8) is 0 Å². The number of benzene rings is 1. The molecule has 0 radical (unpaired) electrons. The molecule has 6 nitrogen and oxygen atoms in total. The molecule has 0 aliphatic carbocycles. The highest BCUT2D eigenvalue weighted by Crippen LogP contribution is 2.34. The van der Waals surface area contributed by atoms with Gasteiger partial charge in [-0.2, -0.15) is 13.2 Å². The Labute approximate surface area is 151 Å². The van der Waals surface area contributed by atoms with E-state index in [-0.39, 0.29) is 23.1 Å². The molecule has 3 rings (SSSR count). The first kappa shape index (κ1) is 18.6. The molecule has 1 aromatic carbocycles. The lowest BCUT2D eigenvalue weighted by atomic mass is 10.2. The quantitative estimate of drug-likeness (QED) is 0.690. The fourth-order valence-electron chi connectivity index (χ4n) is 2.41. The molecule has 27 heavy (non-hydrogen) atoms. The van der Waals surface area contributed by atoms with Crippen LogP contribution in [0.4, 0.5) is 29.2 Å². The van der Waals surface area contributed by atoms with Gasteiger partial charge in [-0.1, -0.05) is 0 Å². The summed E-state index contributed by atoms with van der Waals surface area (Å²) in [4.78, 5) is 12.0. The van der Waals surface area contributed by atoms with E-state index in [9.17, 15) is 17.6 Å². The Morgan fingerprint density at radius 1 is 1.11 bits per heavy atom. The number of ether oxygens (including phenoxy) is 1. The van der Waals surface area contributed by atoms with Crippen LogP contribution in [0.3, 0.4) is 0 Å². The number of alkyl halides is 3. The minimum atomic E-state index is -4.55. The van der Waals surface area contributed by atoms with Crippen LogP contribution in [-0.2, 0) is 13.2 Å². The third-order valence-corrected chi connectivity index (χ3v) is 3.93. The fraction of sp³-hybridized carbons (Fsp3) is 0.235. The molecular weight excluding hydrogens is 366 g/mol. The molecule has 3 aromatic rings. The van der Waals surface area contributed by atoms with Gasteiger partial charge in [0.25, 0.3) is 0 Å². The third kappa shape index (κ3) is 3.83. The van der Waals surface area contributed by atoms with Crippen LogP contribution in [0.25, 0.3) is 11.4 Å². The van der Waals surface area contributed by atoms with Crippen LogP contribution < -0.4 is 10.1 Å². The van der Waals surface area contributed by atoms with Crippen molar-refractivity contribution >= 4 is 11.6 Å². The minimum absolute atomic E-state index is 0.0110. The van der Waals surface area contributed by atoms with Crippen molar-refractivity contribution in [1.29, 1.82) is 0 Å². The van der Waals surface area contributed by atoms with Gasteiger partial charge in [0, 0.05) is 18.8 Å². The highest BCUT2D eigenvalue weighted by atomic mass is 19.4. The van der Waals surface area contributed by atoms with Gasteiger partial charge in [0.1, 0.15) is 17.3 Å². The summed E-state index contributed by atoms with van der Waals surface area (Å²) in [5, 5.41) is 2.66. The first-order chi connectivity index (χ1) is 12.7. The zero-order valence-corrected chi connectivity index (χ0v) is 14.6. The Bertz CT molecular complexity index is 984. The normalized spacial score (nSPS) is 11.5. The maximum Gasteiger partial charge on any atom is 0.416 e. The van der Waals surface area contributed by atoms with Crippen molar-refractivity contribution in [1.82, 2.24) is 19.5 Å². The molecule has 0 aliphatic rings. The average Bonchev–Trinajstić information content (AvgIpc) is 2.94. The Morgan fingerprint density at radius 3 is 2.44 bits per heavy atom. The third-order valence-electron chi connectivity index (χ3n) is 3.93. The number of aromatic nitrogens is 4. The number of hydrogen-bond acceptors (Lipinski definition) is 5. The molecule has 0 aliphatic heterocycles. The fourth-order valence-corrected chi connectivity index (χ4v) is 2.41. The maximum atomic E-state index is 14.2. The van der Waals surface area contributed by atoms with E-state index < -0.39 is 17.6 Å². The monoisotopic (exact) mass is 381 g/mol. The average molecular weight is 381 g/mol. The van der Waals surface area contributed by atoms with Crippen LogP contribution in [0.5, 0.6) is 5.75 Å². The van der Waals surface area contributed by atoms with E-state index in [1.165, 1.54) is 19.4 Å². The second kappa shape index (κ2) is 6.86. The number of rotatable bonds is 4. The second-order valence-electron chi connectivity index (χ2n) is 5.71. The van der Waals surface area contributed by atoms with Crippen molar-refractivity contribution < 1.29 is 22.3 Å². The topological polar surface area (TPSA) is 64.9 Å². The van der Waals surface area contributed by atoms with Gasteiger partial charge in [-0.15, -0.1) is 0 Å². The van der Waals surface area contributed by atoms with Crippen LogP contribution in [-0.4, -0.2) is 26.6 Å². The molecular formula is C17H15F4N5O. The molecule has 0 spiro atoms. The molecule has 0 saturated carbocycles. The number of nitrogens with one attached hydrogen (secondary N) is 1. The first-order valence-corrected chi connectivity index (χ1v) is 7.73. The van der Waals surface area contributed by atoms with Gasteiger partial charge in [0.15, 0.2) is 5.82 Å². The minimum Gasteiger partial charge on any atom is -0.497 e. The van der Waals surface area contributed by atoms with Gasteiger partial charge in [0.2, 0.25) is 5.95 Å². The number of methoxy groups -OCH3 is 1. The first-order valence-electron chi connectivity index (χ1n) is 7.73. The number of halogens is 4. The van der Waals surface area contributed by atoms with Gasteiger partial charge in [-0.05, 0) is 19.1 Å². The molecule has 142 valence electrons. The largest absolute Gasteiger partial charge is 0.497 e. The number of hydrogen-bond donors (Lipinski definition) is 1. The molecule has 0 unspecified atom stereocenters. The van der Waals surface area contributed by atoms with E-state index in [1.54, 1.807) is 18.5 Å². The molecule has 0 bridgehead atoms. The lowest BCUT2D eigenvalue weighted by Gasteiger charge is -2.13. The number of imidazole rings is 1. The van der Waals surface area contributed by atoms with Crippen molar-refractivity contribution in [2.24, 2.45) is 7.05 Å². The van der Waals surface area contributed by atoms with Crippen molar-refractivity contribution in [2.45, 2.75) is 13.1 Å². The van der Waals surface area contributed by atoms with E-state index in [4.69, 9.17) is 4.74 Å². The maximum absolute atomic E-state index is 14.2. The summed E-state index contributed by atoms with van der Waals surface area (Å²) in [6.07, 6.45) is -2.15.